The zero-order chi connectivity index (χ0) is 18.9. The van der Waals surface area contributed by atoms with Crippen molar-refractivity contribution in [1.82, 2.24) is 5.32 Å². The minimum atomic E-state index is -3.20. The van der Waals surface area contributed by atoms with Crippen LogP contribution in [-0.4, -0.2) is 39.8 Å². The molecule has 142 valence electrons. The zero-order valence-electron chi connectivity index (χ0n) is 14.9. The lowest BCUT2D eigenvalue weighted by Crippen LogP contribution is -2.34. The van der Waals surface area contributed by atoms with Crippen molar-refractivity contribution < 1.29 is 17.9 Å². The molecule has 1 fully saturated rings. The van der Waals surface area contributed by atoms with Crippen LogP contribution in [0.15, 0.2) is 48.5 Å². The normalized spacial score (nSPS) is 20.6. The van der Waals surface area contributed by atoms with Crippen molar-refractivity contribution in [3.8, 4) is 5.75 Å². The average molecular weight is 386 g/mol. The van der Waals surface area contributed by atoms with E-state index in [1.807, 2.05) is 18.2 Å². The van der Waals surface area contributed by atoms with Gasteiger partial charge in [-0.1, -0.05) is 18.2 Å². The van der Waals surface area contributed by atoms with Crippen LogP contribution in [0.25, 0.3) is 0 Å². The summed E-state index contributed by atoms with van der Waals surface area (Å²) in [6.07, 6.45) is 1.51. The molecule has 2 heterocycles. The fourth-order valence-corrected chi connectivity index (χ4v) is 5.13. The summed E-state index contributed by atoms with van der Waals surface area (Å²) in [7, 11) is -3.20. The van der Waals surface area contributed by atoms with Crippen molar-refractivity contribution in [2.24, 2.45) is 5.92 Å². The molecule has 1 N–H and O–H groups in total. The SMILES string of the molecule is O=C(NCC1COc2ccccc2C1)c1ccc(N2CCCS2(=O)=O)cc1. The molecular formula is C20H22N2O4S. The van der Waals surface area contributed by atoms with Gasteiger partial charge in [-0.15, -0.1) is 0 Å². The molecule has 2 aromatic carbocycles. The van der Waals surface area contributed by atoms with Crippen LogP contribution in [0.4, 0.5) is 5.69 Å². The van der Waals surface area contributed by atoms with Crippen LogP contribution in [0.1, 0.15) is 22.3 Å². The van der Waals surface area contributed by atoms with E-state index in [4.69, 9.17) is 4.74 Å². The summed E-state index contributed by atoms with van der Waals surface area (Å²) in [5.74, 6) is 1.18. The van der Waals surface area contributed by atoms with Gasteiger partial charge in [-0.05, 0) is 48.7 Å². The van der Waals surface area contributed by atoms with Gasteiger partial charge in [0.15, 0.2) is 0 Å². The number of anilines is 1. The maximum absolute atomic E-state index is 12.4. The van der Waals surface area contributed by atoms with Gasteiger partial charge in [-0.25, -0.2) is 8.42 Å². The lowest BCUT2D eigenvalue weighted by molar-refractivity contribution is 0.0939. The van der Waals surface area contributed by atoms with Gasteiger partial charge in [-0.3, -0.25) is 9.10 Å². The third-order valence-electron chi connectivity index (χ3n) is 5.02. The highest BCUT2D eigenvalue weighted by molar-refractivity contribution is 7.93. The molecule has 2 aliphatic heterocycles. The average Bonchev–Trinajstić information content (AvgIpc) is 3.05. The van der Waals surface area contributed by atoms with E-state index >= 15 is 0 Å². The lowest BCUT2D eigenvalue weighted by atomic mass is 9.96. The smallest absolute Gasteiger partial charge is 0.251 e. The Labute approximate surface area is 159 Å². The molecule has 1 atom stereocenters. The van der Waals surface area contributed by atoms with E-state index in [9.17, 15) is 13.2 Å². The fourth-order valence-electron chi connectivity index (χ4n) is 3.57. The molecule has 0 aromatic heterocycles. The van der Waals surface area contributed by atoms with Crippen LogP contribution < -0.4 is 14.4 Å². The van der Waals surface area contributed by atoms with Gasteiger partial charge in [0.05, 0.1) is 18.0 Å². The van der Waals surface area contributed by atoms with Crippen molar-refractivity contribution >= 4 is 21.6 Å². The summed E-state index contributed by atoms with van der Waals surface area (Å²) >= 11 is 0. The summed E-state index contributed by atoms with van der Waals surface area (Å²) < 4.78 is 31.1. The van der Waals surface area contributed by atoms with Crippen LogP contribution >= 0.6 is 0 Å². The summed E-state index contributed by atoms with van der Waals surface area (Å²) in [4.78, 5) is 12.4. The van der Waals surface area contributed by atoms with E-state index in [1.165, 1.54) is 9.87 Å². The van der Waals surface area contributed by atoms with E-state index in [0.717, 1.165) is 12.2 Å². The number of rotatable bonds is 4. The number of sulfonamides is 1. The van der Waals surface area contributed by atoms with Crippen molar-refractivity contribution in [3.05, 3.63) is 59.7 Å². The van der Waals surface area contributed by atoms with Crippen molar-refractivity contribution in [2.75, 3.05) is 29.8 Å². The molecule has 2 aliphatic rings. The Morgan fingerprint density at radius 1 is 1.15 bits per heavy atom. The number of ether oxygens (including phenoxy) is 1. The van der Waals surface area contributed by atoms with Gasteiger partial charge in [0, 0.05) is 24.6 Å². The van der Waals surface area contributed by atoms with Gasteiger partial charge in [0.25, 0.3) is 5.91 Å². The van der Waals surface area contributed by atoms with Crippen LogP contribution in [0.3, 0.4) is 0 Å². The van der Waals surface area contributed by atoms with Crippen molar-refractivity contribution in [1.29, 1.82) is 0 Å². The minimum Gasteiger partial charge on any atom is -0.493 e. The number of para-hydroxylation sites is 1. The number of carbonyl (C=O) groups is 1. The first kappa shape index (κ1) is 17.9. The predicted molar refractivity (Wildman–Crippen MR) is 104 cm³/mol. The number of fused-ring (bicyclic) bond motifs is 1. The number of hydrogen-bond acceptors (Lipinski definition) is 4. The highest BCUT2D eigenvalue weighted by atomic mass is 32.2. The largest absolute Gasteiger partial charge is 0.493 e. The first-order chi connectivity index (χ1) is 13.0. The van der Waals surface area contributed by atoms with E-state index in [2.05, 4.69) is 11.4 Å². The van der Waals surface area contributed by atoms with Crippen molar-refractivity contribution in [3.63, 3.8) is 0 Å². The Morgan fingerprint density at radius 2 is 1.93 bits per heavy atom. The van der Waals surface area contributed by atoms with E-state index in [0.29, 0.717) is 37.4 Å². The van der Waals surface area contributed by atoms with E-state index < -0.39 is 10.0 Å². The zero-order valence-corrected chi connectivity index (χ0v) is 15.7. The number of benzene rings is 2. The van der Waals surface area contributed by atoms with Crippen LogP contribution in [0.5, 0.6) is 5.75 Å². The number of carbonyl (C=O) groups excluding carboxylic acids is 1. The summed E-state index contributed by atoms with van der Waals surface area (Å²) in [6.45, 7) is 1.62. The van der Waals surface area contributed by atoms with Gasteiger partial charge < -0.3 is 10.1 Å². The molecular weight excluding hydrogens is 364 g/mol. The molecule has 4 rings (SSSR count). The Hall–Kier alpha value is -2.54. The van der Waals surface area contributed by atoms with Crippen LogP contribution in [-0.2, 0) is 16.4 Å². The Morgan fingerprint density at radius 3 is 2.67 bits per heavy atom. The van der Waals surface area contributed by atoms with E-state index in [1.54, 1.807) is 24.3 Å². The van der Waals surface area contributed by atoms with Gasteiger partial charge in [-0.2, -0.15) is 0 Å². The lowest BCUT2D eigenvalue weighted by Gasteiger charge is -2.25. The summed E-state index contributed by atoms with van der Waals surface area (Å²) in [6, 6.07) is 14.7. The Bertz CT molecular complexity index is 941. The number of hydrogen-bond donors (Lipinski definition) is 1. The molecule has 6 nitrogen and oxygen atoms in total. The molecule has 0 radical (unpaired) electrons. The van der Waals surface area contributed by atoms with Gasteiger partial charge in [0.1, 0.15) is 5.75 Å². The Kier molecular flexibility index (Phi) is 4.78. The maximum atomic E-state index is 12.4. The Balaban J connectivity index is 1.35. The number of amides is 1. The molecule has 1 saturated heterocycles. The van der Waals surface area contributed by atoms with Crippen molar-refractivity contribution in [2.45, 2.75) is 12.8 Å². The van der Waals surface area contributed by atoms with Crippen LogP contribution in [0, 0.1) is 5.92 Å². The second-order valence-corrected chi connectivity index (χ2v) is 9.00. The van der Waals surface area contributed by atoms with Gasteiger partial charge in [0.2, 0.25) is 10.0 Å². The molecule has 1 amide bonds. The molecule has 0 aliphatic carbocycles. The van der Waals surface area contributed by atoms with Gasteiger partial charge >= 0.3 is 0 Å². The highest BCUT2D eigenvalue weighted by Crippen LogP contribution is 2.27. The molecule has 0 saturated carbocycles. The molecule has 0 bridgehead atoms. The highest BCUT2D eigenvalue weighted by Gasteiger charge is 2.28. The monoisotopic (exact) mass is 386 g/mol. The quantitative estimate of drug-likeness (QED) is 0.874. The van der Waals surface area contributed by atoms with Crippen LogP contribution in [0.2, 0.25) is 0 Å². The topological polar surface area (TPSA) is 75.7 Å². The second kappa shape index (κ2) is 7.23. The third-order valence-corrected chi connectivity index (χ3v) is 6.89. The fraction of sp³-hybridized carbons (Fsp3) is 0.350. The standard InChI is InChI=1S/C20H22N2O4S/c23-20(21-13-15-12-17-4-1-2-5-19(17)26-14-15)16-6-8-18(9-7-16)22-10-3-11-27(22,24)25/h1-2,4-9,15H,3,10-14H2,(H,21,23). The molecule has 1 unspecified atom stereocenters. The predicted octanol–water partition coefficient (Wildman–Crippen LogP) is 2.21. The third kappa shape index (κ3) is 3.78. The first-order valence-corrected chi connectivity index (χ1v) is 10.7. The molecule has 7 heteroatoms. The summed E-state index contributed by atoms with van der Waals surface area (Å²) in [5.41, 5.74) is 2.30. The first-order valence-electron chi connectivity index (χ1n) is 9.12. The minimum absolute atomic E-state index is 0.162. The molecule has 0 spiro atoms. The number of nitrogens with one attached hydrogen (secondary N) is 1. The molecule has 2 aromatic rings. The van der Waals surface area contributed by atoms with E-state index in [-0.39, 0.29) is 17.6 Å². The maximum Gasteiger partial charge on any atom is 0.251 e. The number of nitrogens with zero attached hydrogens (tertiary/aromatic N) is 1. The second-order valence-electron chi connectivity index (χ2n) is 6.99. The summed E-state index contributed by atoms with van der Waals surface area (Å²) in [5, 5.41) is 2.95. The molecule has 27 heavy (non-hydrogen) atoms.